The van der Waals surface area contributed by atoms with Crippen LogP contribution in [0.25, 0.3) is 0 Å². The van der Waals surface area contributed by atoms with Crippen LogP contribution in [0.4, 0.5) is 0 Å². The third-order valence-corrected chi connectivity index (χ3v) is 9.99. The summed E-state index contributed by atoms with van der Waals surface area (Å²) in [6, 6.07) is 0. The number of rotatable bonds is 2. The summed E-state index contributed by atoms with van der Waals surface area (Å²) in [7, 11) is 0. The van der Waals surface area contributed by atoms with Crippen LogP contribution in [-0.2, 0) is 9.47 Å². The molecule has 6 aliphatic rings. The van der Waals surface area contributed by atoms with Gasteiger partial charge in [-0.05, 0) is 43.4 Å². The molecular weight excluding hydrogens is 424 g/mol. The summed E-state index contributed by atoms with van der Waals surface area (Å²) in [5, 5.41) is 35.4. The second-order valence-electron chi connectivity index (χ2n) is 11.6. The lowest BCUT2D eigenvalue weighted by Gasteiger charge is -2.75. The third kappa shape index (κ3) is 2.38. The monoisotopic (exact) mass is 456 g/mol. The highest BCUT2D eigenvalue weighted by atomic mass is 16.6. The van der Waals surface area contributed by atoms with Crippen LogP contribution in [0, 0.1) is 34.0 Å². The minimum atomic E-state index is -1.90. The molecule has 178 valence electrons. The van der Waals surface area contributed by atoms with Gasteiger partial charge < -0.3 is 24.8 Å². The molecule has 2 spiro atoms. The van der Waals surface area contributed by atoms with Crippen LogP contribution >= 0.6 is 0 Å². The molecule has 4 unspecified atom stereocenters. The fraction of sp³-hybridized carbons (Fsp3) is 0.720. The van der Waals surface area contributed by atoms with Crippen LogP contribution in [-0.4, -0.2) is 62.0 Å². The molecule has 6 fully saturated rings. The second kappa shape index (κ2) is 6.62. The number of hydrogen-bond donors (Lipinski definition) is 3. The van der Waals surface area contributed by atoms with E-state index in [-0.39, 0.29) is 35.5 Å². The van der Waals surface area contributed by atoms with E-state index in [2.05, 4.69) is 30.4 Å². The maximum absolute atomic E-state index is 13.1. The first kappa shape index (κ1) is 21.6. The van der Waals surface area contributed by atoms with Gasteiger partial charge in [0.25, 0.3) is 0 Å². The lowest BCUT2D eigenvalue weighted by atomic mass is 9.36. The van der Waals surface area contributed by atoms with Crippen molar-refractivity contribution in [2.45, 2.75) is 70.1 Å². The number of hydrogen-bond acceptors (Lipinski definition) is 8. The molecule has 33 heavy (non-hydrogen) atoms. The van der Waals surface area contributed by atoms with E-state index in [9.17, 15) is 20.1 Å². The molecule has 7 rings (SSSR count). The number of ether oxygens (including phenoxy) is 2. The van der Waals surface area contributed by atoms with E-state index < -0.39 is 40.9 Å². The van der Waals surface area contributed by atoms with E-state index >= 15 is 0 Å². The van der Waals surface area contributed by atoms with Gasteiger partial charge in [0.05, 0.1) is 24.3 Å². The molecule has 2 saturated heterocycles. The average Bonchev–Trinajstić information content (AvgIpc) is 2.94. The smallest absolute Gasteiger partial charge is 0.358 e. The number of aliphatic hydroxyl groups excluding tert-OH is 2. The van der Waals surface area contributed by atoms with Gasteiger partial charge in [0.2, 0.25) is 5.79 Å². The predicted molar refractivity (Wildman–Crippen MR) is 115 cm³/mol. The number of aliphatic hydroxyl groups is 3. The Kier molecular flexibility index (Phi) is 4.35. The molecule has 9 atom stereocenters. The Morgan fingerprint density at radius 3 is 2.76 bits per heavy atom. The Labute approximate surface area is 193 Å². The Balaban J connectivity index is 1.50. The molecule has 4 bridgehead atoms. The van der Waals surface area contributed by atoms with E-state index in [1.807, 2.05) is 0 Å². The van der Waals surface area contributed by atoms with Crippen LogP contribution in [0.1, 0.15) is 56.4 Å². The molecule has 3 N–H and O–H groups in total. The minimum Gasteiger partial charge on any atom is -0.456 e. The van der Waals surface area contributed by atoms with Gasteiger partial charge in [-0.2, -0.15) is 0 Å². The maximum atomic E-state index is 13.1. The van der Waals surface area contributed by atoms with Crippen LogP contribution in [0.15, 0.2) is 30.7 Å². The zero-order chi connectivity index (χ0) is 23.4. The standard InChI is InChI=1S/C25H32N2O6/c1-13-10-24-16(5-4-14(13)20(24)33-21(30)15-11-26-8-9-27-15)23-12-32-25(24,31)19(29)18(23)22(2,3)7-6-17(23)28/h8-9,11,14,16-20,28-29,31H,1,4-7,10,12H2,2-3H3/t14-,16?,17?,18+,19-,20+,23?,24?,25-/m0/s1. The van der Waals surface area contributed by atoms with Gasteiger partial charge in [0.1, 0.15) is 12.2 Å². The van der Waals surface area contributed by atoms with Gasteiger partial charge in [-0.1, -0.05) is 26.0 Å². The highest BCUT2D eigenvalue weighted by Crippen LogP contribution is 2.77. The normalized spacial score (nSPS) is 49.3. The maximum Gasteiger partial charge on any atom is 0.358 e. The molecule has 4 aliphatic carbocycles. The van der Waals surface area contributed by atoms with Crippen molar-refractivity contribution in [1.29, 1.82) is 0 Å². The molecule has 0 aromatic carbocycles. The molecule has 4 saturated carbocycles. The van der Waals surface area contributed by atoms with Crippen molar-refractivity contribution >= 4 is 5.97 Å². The first-order valence-corrected chi connectivity index (χ1v) is 12.0. The third-order valence-electron chi connectivity index (χ3n) is 9.99. The predicted octanol–water partition coefficient (Wildman–Crippen LogP) is 1.85. The van der Waals surface area contributed by atoms with Crippen LogP contribution in [0.3, 0.4) is 0 Å². The van der Waals surface area contributed by atoms with Gasteiger partial charge in [0, 0.05) is 29.6 Å². The summed E-state index contributed by atoms with van der Waals surface area (Å²) in [5.74, 6) is -3.17. The summed E-state index contributed by atoms with van der Waals surface area (Å²) in [6.45, 7) is 8.67. The first-order chi connectivity index (χ1) is 15.6. The van der Waals surface area contributed by atoms with Crippen LogP contribution in [0.5, 0.6) is 0 Å². The van der Waals surface area contributed by atoms with Crippen molar-refractivity contribution in [3.63, 3.8) is 0 Å². The summed E-state index contributed by atoms with van der Waals surface area (Å²) in [4.78, 5) is 21.1. The fourth-order valence-electron chi connectivity index (χ4n) is 8.84. The van der Waals surface area contributed by atoms with Gasteiger partial charge >= 0.3 is 5.97 Å². The van der Waals surface area contributed by atoms with Crippen molar-refractivity contribution in [3.05, 3.63) is 36.4 Å². The first-order valence-electron chi connectivity index (χ1n) is 12.0. The van der Waals surface area contributed by atoms with E-state index in [0.717, 1.165) is 24.8 Å². The zero-order valence-corrected chi connectivity index (χ0v) is 19.1. The SMILES string of the molecule is C=C1CC23C(CC[C@@H]1[C@H]2OC(=O)c1cnccn1)C12CO[C@@]3(O)[C@@H](O)[C@@H]1C(C)(C)CCC2O. The molecule has 0 radical (unpaired) electrons. The number of aromatic nitrogens is 2. The summed E-state index contributed by atoms with van der Waals surface area (Å²) in [5.41, 5.74) is -1.10. The number of nitrogens with zero attached hydrogens (tertiary/aromatic N) is 2. The van der Waals surface area contributed by atoms with Gasteiger partial charge in [-0.25, -0.2) is 9.78 Å². The summed E-state index contributed by atoms with van der Waals surface area (Å²) < 4.78 is 12.2. The number of esters is 1. The molecule has 2 aliphatic heterocycles. The summed E-state index contributed by atoms with van der Waals surface area (Å²) in [6.07, 6.45) is 4.91. The molecule has 8 heteroatoms. The lowest BCUT2D eigenvalue weighted by Crippen LogP contribution is -2.84. The quantitative estimate of drug-likeness (QED) is 0.455. The lowest BCUT2D eigenvalue weighted by molar-refractivity contribution is -0.468. The molecule has 0 amide bonds. The zero-order valence-electron chi connectivity index (χ0n) is 19.1. The van der Waals surface area contributed by atoms with Crippen molar-refractivity contribution in [1.82, 2.24) is 9.97 Å². The van der Waals surface area contributed by atoms with Crippen LogP contribution in [0.2, 0.25) is 0 Å². The number of fused-ring (bicyclic) bond motifs is 2. The molecule has 1 aromatic heterocycles. The van der Waals surface area contributed by atoms with E-state index in [1.165, 1.54) is 18.6 Å². The topological polar surface area (TPSA) is 122 Å². The number of carbonyl (C=O) groups is 1. The van der Waals surface area contributed by atoms with Crippen molar-refractivity contribution in [2.24, 2.45) is 34.0 Å². The molecule has 3 heterocycles. The van der Waals surface area contributed by atoms with Gasteiger partial charge in [-0.3, -0.25) is 4.98 Å². The highest BCUT2D eigenvalue weighted by molar-refractivity contribution is 5.87. The van der Waals surface area contributed by atoms with E-state index in [1.54, 1.807) is 0 Å². The van der Waals surface area contributed by atoms with Crippen LogP contribution < -0.4 is 0 Å². The highest BCUT2D eigenvalue weighted by Gasteiger charge is 2.84. The second-order valence-corrected chi connectivity index (χ2v) is 11.6. The van der Waals surface area contributed by atoms with E-state index in [0.29, 0.717) is 12.8 Å². The Hall–Kier alpha value is -1.87. The Morgan fingerprint density at radius 1 is 1.24 bits per heavy atom. The molecule has 8 nitrogen and oxygen atoms in total. The van der Waals surface area contributed by atoms with E-state index in [4.69, 9.17) is 9.47 Å². The molecular formula is C25H32N2O6. The van der Waals surface area contributed by atoms with Gasteiger partial charge in [-0.15, -0.1) is 0 Å². The molecule has 1 aromatic rings. The fourth-order valence-corrected chi connectivity index (χ4v) is 8.84. The Bertz CT molecular complexity index is 1020. The average molecular weight is 457 g/mol. The summed E-state index contributed by atoms with van der Waals surface area (Å²) >= 11 is 0. The number of carbonyl (C=O) groups excluding carboxylic acids is 1. The van der Waals surface area contributed by atoms with Gasteiger partial charge in [0.15, 0.2) is 5.69 Å². The van der Waals surface area contributed by atoms with Crippen molar-refractivity contribution in [2.75, 3.05) is 6.61 Å². The largest absolute Gasteiger partial charge is 0.456 e. The van der Waals surface area contributed by atoms with Crippen molar-refractivity contribution < 1.29 is 29.6 Å². The van der Waals surface area contributed by atoms with Crippen molar-refractivity contribution in [3.8, 4) is 0 Å². The Morgan fingerprint density at radius 2 is 2.03 bits per heavy atom. The minimum absolute atomic E-state index is 0.0883.